The van der Waals surface area contributed by atoms with Crippen molar-refractivity contribution < 1.29 is 4.74 Å². The second-order valence-electron chi connectivity index (χ2n) is 8.91. The van der Waals surface area contributed by atoms with Gasteiger partial charge < -0.3 is 15.0 Å². The molecular formula is C27H23N7OS. The number of fused-ring (bicyclic) bond motifs is 2. The number of H-pyrrole nitrogens is 2. The van der Waals surface area contributed by atoms with Gasteiger partial charge in [0.2, 0.25) is 0 Å². The fourth-order valence-corrected chi connectivity index (χ4v) is 5.48. The van der Waals surface area contributed by atoms with Crippen LogP contribution >= 0.6 is 11.3 Å². The van der Waals surface area contributed by atoms with Crippen LogP contribution in [0.15, 0.2) is 66.3 Å². The highest BCUT2D eigenvalue weighted by Gasteiger charge is 2.18. The number of piperidine rings is 1. The fourth-order valence-electron chi connectivity index (χ4n) is 4.73. The number of ether oxygens (including phenoxy) is 1. The van der Waals surface area contributed by atoms with Gasteiger partial charge in [-0.3, -0.25) is 10.1 Å². The van der Waals surface area contributed by atoms with Crippen molar-refractivity contribution >= 4 is 33.4 Å². The first kappa shape index (κ1) is 21.2. The number of nitrogens with zero attached hydrogens (tertiary/aromatic N) is 4. The van der Waals surface area contributed by atoms with E-state index in [-0.39, 0.29) is 6.10 Å². The van der Waals surface area contributed by atoms with Gasteiger partial charge in [0, 0.05) is 22.2 Å². The highest BCUT2D eigenvalue weighted by atomic mass is 32.1. The molecule has 0 radical (unpaired) electrons. The summed E-state index contributed by atoms with van der Waals surface area (Å²) in [4.78, 5) is 18.9. The Hall–Kier alpha value is -4.08. The summed E-state index contributed by atoms with van der Waals surface area (Å²) in [7, 11) is 0. The Labute approximate surface area is 210 Å². The number of para-hydroxylation sites is 1. The summed E-state index contributed by atoms with van der Waals surface area (Å²) in [5.74, 6) is 1.46. The lowest BCUT2D eigenvalue weighted by Gasteiger charge is -2.23. The molecular weight excluding hydrogens is 470 g/mol. The van der Waals surface area contributed by atoms with E-state index < -0.39 is 0 Å². The monoisotopic (exact) mass is 493 g/mol. The molecule has 0 atom stereocenters. The third kappa shape index (κ3) is 3.82. The van der Waals surface area contributed by atoms with Gasteiger partial charge >= 0.3 is 0 Å². The molecule has 0 saturated carbocycles. The van der Waals surface area contributed by atoms with Crippen LogP contribution in [0.3, 0.4) is 0 Å². The zero-order chi connectivity index (χ0) is 23.9. The Morgan fingerprint density at radius 3 is 2.75 bits per heavy atom. The highest BCUT2D eigenvalue weighted by Crippen LogP contribution is 2.33. The Morgan fingerprint density at radius 1 is 0.917 bits per heavy atom. The molecule has 1 fully saturated rings. The number of hydrogen-bond donors (Lipinski definition) is 3. The van der Waals surface area contributed by atoms with Gasteiger partial charge in [-0.25, -0.2) is 9.97 Å². The molecule has 1 saturated heterocycles. The van der Waals surface area contributed by atoms with Gasteiger partial charge in [0.25, 0.3) is 0 Å². The summed E-state index contributed by atoms with van der Waals surface area (Å²) in [6.45, 7) is 1.96. The smallest absolute Gasteiger partial charge is 0.161 e. The SMILES string of the molecule is c1csc(-c2cccc3[nH]c(-c4n[nH]c5ccc(-c6cncc(OC7CCNCC7)c6)nc45)nc23)c1. The summed E-state index contributed by atoms with van der Waals surface area (Å²) >= 11 is 1.70. The predicted octanol–water partition coefficient (Wildman–Crippen LogP) is 5.42. The van der Waals surface area contributed by atoms with Crippen molar-refractivity contribution in [3.63, 3.8) is 0 Å². The number of thiophene rings is 1. The van der Waals surface area contributed by atoms with Crippen LogP contribution < -0.4 is 10.1 Å². The molecule has 178 valence electrons. The highest BCUT2D eigenvalue weighted by molar-refractivity contribution is 7.13. The molecule has 36 heavy (non-hydrogen) atoms. The van der Waals surface area contributed by atoms with Crippen molar-refractivity contribution in [2.75, 3.05) is 13.1 Å². The number of imidazole rings is 1. The fraction of sp³-hybridized carbons (Fsp3) is 0.185. The quantitative estimate of drug-likeness (QED) is 0.296. The van der Waals surface area contributed by atoms with E-state index in [2.05, 4.69) is 49.1 Å². The number of pyridine rings is 2. The van der Waals surface area contributed by atoms with E-state index in [4.69, 9.17) is 14.7 Å². The minimum Gasteiger partial charge on any atom is -0.489 e. The van der Waals surface area contributed by atoms with Crippen LogP contribution in [0.25, 0.3) is 55.3 Å². The second-order valence-corrected chi connectivity index (χ2v) is 9.85. The maximum absolute atomic E-state index is 6.20. The normalized spacial score (nSPS) is 14.6. The third-order valence-electron chi connectivity index (χ3n) is 6.53. The number of benzene rings is 1. The van der Waals surface area contributed by atoms with Crippen LogP contribution in [-0.2, 0) is 0 Å². The van der Waals surface area contributed by atoms with Crippen molar-refractivity contribution in [3.8, 4) is 39.0 Å². The Morgan fingerprint density at radius 2 is 1.86 bits per heavy atom. The number of rotatable bonds is 5. The van der Waals surface area contributed by atoms with Gasteiger partial charge in [-0.05, 0) is 61.6 Å². The first-order valence-electron chi connectivity index (χ1n) is 12.0. The lowest BCUT2D eigenvalue weighted by atomic mass is 10.1. The Kier molecular flexibility index (Phi) is 5.22. The second kappa shape index (κ2) is 8.85. The van der Waals surface area contributed by atoms with Crippen molar-refractivity contribution in [1.82, 2.24) is 35.5 Å². The largest absolute Gasteiger partial charge is 0.489 e. The number of hydrogen-bond acceptors (Lipinski definition) is 7. The van der Waals surface area contributed by atoms with E-state index in [9.17, 15) is 0 Å². The van der Waals surface area contributed by atoms with Gasteiger partial charge in [-0.1, -0.05) is 18.2 Å². The average molecular weight is 494 g/mol. The van der Waals surface area contributed by atoms with Crippen molar-refractivity contribution in [3.05, 3.63) is 66.3 Å². The van der Waals surface area contributed by atoms with Crippen molar-refractivity contribution in [1.29, 1.82) is 0 Å². The topological polar surface area (TPSA) is 104 Å². The third-order valence-corrected chi connectivity index (χ3v) is 7.43. The summed E-state index contributed by atoms with van der Waals surface area (Å²) in [5.41, 5.74) is 7.01. The van der Waals surface area contributed by atoms with Crippen LogP contribution in [0, 0.1) is 0 Å². The lowest BCUT2D eigenvalue weighted by molar-refractivity contribution is 0.162. The van der Waals surface area contributed by atoms with Crippen LogP contribution in [0.4, 0.5) is 0 Å². The van der Waals surface area contributed by atoms with E-state index >= 15 is 0 Å². The molecule has 3 N–H and O–H groups in total. The number of nitrogens with one attached hydrogen (secondary N) is 3. The molecule has 8 nitrogen and oxygen atoms in total. The van der Waals surface area contributed by atoms with Crippen LogP contribution in [-0.4, -0.2) is 49.3 Å². The molecule has 0 unspecified atom stereocenters. The van der Waals surface area contributed by atoms with E-state index in [1.54, 1.807) is 17.5 Å². The number of aromatic nitrogens is 6. The summed E-state index contributed by atoms with van der Waals surface area (Å²) in [6.07, 6.45) is 5.80. The van der Waals surface area contributed by atoms with Gasteiger partial charge in [0.05, 0.1) is 28.4 Å². The van der Waals surface area contributed by atoms with E-state index in [1.807, 2.05) is 36.5 Å². The molecule has 0 aliphatic carbocycles. The first-order valence-corrected chi connectivity index (χ1v) is 12.9. The van der Waals surface area contributed by atoms with E-state index in [1.165, 1.54) is 4.88 Å². The standard InChI is InChI=1S/C27H23N7OS/c1-3-19(23-5-2-12-36-23)24-21(4-1)31-27(32-24)26-25-22(33-34-26)7-6-20(30-25)16-13-18(15-29-14-16)35-17-8-10-28-11-9-17/h1-7,12-15,17,28H,8-11H2,(H,31,32)(H,33,34). The average Bonchev–Trinajstić information content (AvgIpc) is 3.68. The minimum absolute atomic E-state index is 0.214. The van der Waals surface area contributed by atoms with Crippen LogP contribution in [0.5, 0.6) is 5.75 Å². The molecule has 6 aromatic rings. The number of aromatic amines is 2. The van der Waals surface area contributed by atoms with Crippen molar-refractivity contribution in [2.24, 2.45) is 0 Å². The van der Waals surface area contributed by atoms with Gasteiger partial charge in [-0.2, -0.15) is 5.10 Å². The summed E-state index contributed by atoms with van der Waals surface area (Å²) < 4.78 is 6.20. The first-order chi connectivity index (χ1) is 17.8. The van der Waals surface area contributed by atoms with Gasteiger partial charge in [0.1, 0.15) is 17.4 Å². The molecule has 0 bridgehead atoms. The maximum atomic E-state index is 6.20. The zero-order valence-corrected chi connectivity index (χ0v) is 20.2. The molecule has 0 spiro atoms. The molecule has 6 heterocycles. The van der Waals surface area contributed by atoms with Crippen LogP contribution in [0.2, 0.25) is 0 Å². The van der Waals surface area contributed by atoms with Crippen LogP contribution in [0.1, 0.15) is 12.8 Å². The Balaban J connectivity index is 1.26. The van der Waals surface area contributed by atoms with Gasteiger partial charge in [0.15, 0.2) is 11.5 Å². The molecule has 1 aliphatic rings. The van der Waals surface area contributed by atoms with E-state index in [0.29, 0.717) is 11.5 Å². The molecule has 1 aromatic carbocycles. The molecule has 9 heteroatoms. The summed E-state index contributed by atoms with van der Waals surface area (Å²) in [6, 6.07) is 16.3. The zero-order valence-electron chi connectivity index (χ0n) is 19.4. The lowest BCUT2D eigenvalue weighted by Crippen LogP contribution is -2.34. The van der Waals surface area contributed by atoms with Gasteiger partial charge in [-0.15, -0.1) is 11.3 Å². The Bertz CT molecular complexity index is 1660. The molecule has 0 amide bonds. The predicted molar refractivity (Wildman–Crippen MR) is 142 cm³/mol. The molecule has 1 aliphatic heterocycles. The summed E-state index contributed by atoms with van der Waals surface area (Å²) in [5, 5.41) is 13.1. The minimum atomic E-state index is 0.214. The molecule has 7 rings (SSSR count). The maximum Gasteiger partial charge on any atom is 0.161 e. The van der Waals surface area contributed by atoms with Crippen molar-refractivity contribution in [2.45, 2.75) is 18.9 Å². The van der Waals surface area contributed by atoms with E-state index in [0.717, 1.165) is 70.6 Å². The molecule has 5 aromatic heterocycles.